The molecule has 0 saturated carbocycles. The second-order valence-corrected chi connectivity index (χ2v) is 4.27. The number of ether oxygens (including phenoxy) is 1. The molecule has 0 aliphatic heterocycles. The molecule has 98 valence electrons. The van der Waals surface area contributed by atoms with Gasteiger partial charge in [-0.25, -0.2) is 9.97 Å². The number of rotatable bonds is 3. The molecule has 0 unspecified atom stereocenters. The van der Waals surface area contributed by atoms with Crippen molar-refractivity contribution in [3.8, 4) is 22.8 Å². The summed E-state index contributed by atoms with van der Waals surface area (Å²) in [6.45, 7) is 0. The van der Waals surface area contributed by atoms with Gasteiger partial charge < -0.3 is 10.5 Å². The zero-order chi connectivity index (χ0) is 13.8. The second kappa shape index (κ2) is 5.40. The Labute approximate surface area is 116 Å². The zero-order valence-electron chi connectivity index (χ0n) is 10.7. The minimum Gasteiger partial charge on any atom is -0.457 e. The van der Waals surface area contributed by atoms with Crippen molar-refractivity contribution < 1.29 is 4.74 Å². The van der Waals surface area contributed by atoms with Gasteiger partial charge in [0, 0.05) is 11.6 Å². The van der Waals surface area contributed by atoms with E-state index in [0.717, 1.165) is 22.8 Å². The summed E-state index contributed by atoms with van der Waals surface area (Å²) < 4.78 is 5.80. The highest BCUT2D eigenvalue weighted by molar-refractivity contribution is 5.63. The Morgan fingerprint density at radius 1 is 0.800 bits per heavy atom. The molecule has 0 saturated heterocycles. The number of nitrogen functional groups attached to an aromatic ring is 1. The van der Waals surface area contributed by atoms with Gasteiger partial charge in [0.1, 0.15) is 23.6 Å². The van der Waals surface area contributed by atoms with Gasteiger partial charge in [-0.1, -0.05) is 30.3 Å². The fraction of sp³-hybridized carbons (Fsp3) is 0. The number of anilines is 1. The van der Waals surface area contributed by atoms with Crippen LogP contribution in [0.25, 0.3) is 11.3 Å². The van der Waals surface area contributed by atoms with Crippen LogP contribution in [0.5, 0.6) is 11.5 Å². The van der Waals surface area contributed by atoms with Crippen molar-refractivity contribution >= 4 is 5.82 Å². The molecular formula is C16H13N3O. The third-order valence-corrected chi connectivity index (χ3v) is 2.80. The molecule has 1 aromatic heterocycles. The SMILES string of the molecule is Nc1cc(-c2cccc(Oc3ccccc3)c2)ncn1. The first kappa shape index (κ1) is 12.2. The molecule has 0 atom stereocenters. The van der Waals surface area contributed by atoms with Crippen LogP contribution in [0, 0.1) is 0 Å². The van der Waals surface area contributed by atoms with E-state index in [1.807, 2.05) is 54.6 Å². The summed E-state index contributed by atoms with van der Waals surface area (Å²) in [4.78, 5) is 8.10. The Balaban J connectivity index is 1.90. The topological polar surface area (TPSA) is 61.0 Å². The molecule has 0 radical (unpaired) electrons. The number of hydrogen-bond acceptors (Lipinski definition) is 4. The van der Waals surface area contributed by atoms with Crippen molar-refractivity contribution in [2.24, 2.45) is 0 Å². The van der Waals surface area contributed by atoms with Crippen LogP contribution in [-0.2, 0) is 0 Å². The van der Waals surface area contributed by atoms with Crippen molar-refractivity contribution in [3.63, 3.8) is 0 Å². The lowest BCUT2D eigenvalue weighted by atomic mass is 10.1. The van der Waals surface area contributed by atoms with E-state index < -0.39 is 0 Å². The Morgan fingerprint density at radius 3 is 2.40 bits per heavy atom. The van der Waals surface area contributed by atoms with E-state index in [-0.39, 0.29) is 0 Å². The van der Waals surface area contributed by atoms with Crippen LogP contribution in [0.1, 0.15) is 0 Å². The summed E-state index contributed by atoms with van der Waals surface area (Å²) in [7, 11) is 0. The minimum absolute atomic E-state index is 0.449. The highest BCUT2D eigenvalue weighted by Gasteiger charge is 2.03. The van der Waals surface area contributed by atoms with Crippen LogP contribution in [-0.4, -0.2) is 9.97 Å². The van der Waals surface area contributed by atoms with E-state index >= 15 is 0 Å². The van der Waals surface area contributed by atoms with Crippen molar-refractivity contribution in [1.29, 1.82) is 0 Å². The van der Waals surface area contributed by atoms with Crippen molar-refractivity contribution in [2.45, 2.75) is 0 Å². The standard InChI is InChI=1S/C16H13N3O/c17-16-10-15(18-11-19-16)12-5-4-8-14(9-12)20-13-6-2-1-3-7-13/h1-11H,(H2,17,18,19). The van der Waals surface area contributed by atoms with E-state index in [1.54, 1.807) is 6.07 Å². The molecule has 0 aliphatic rings. The molecule has 0 aliphatic carbocycles. The first-order valence-corrected chi connectivity index (χ1v) is 6.22. The summed E-state index contributed by atoms with van der Waals surface area (Å²) in [5, 5.41) is 0. The quantitative estimate of drug-likeness (QED) is 0.785. The second-order valence-electron chi connectivity index (χ2n) is 4.27. The van der Waals surface area contributed by atoms with E-state index in [4.69, 9.17) is 10.5 Å². The van der Waals surface area contributed by atoms with Crippen LogP contribution in [0.15, 0.2) is 67.0 Å². The fourth-order valence-electron chi connectivity index (χ4n) is 1.87. The molecule has 2 aromatic carbocycles. The molecule has 20 heavy (non-hydrogen) atoms. The lowest BCUT2D eigenvalue weighted by Crippen LogP contribution is -1.92. The number of nitrogens with zero attached hydrogens (tertiary/aromatic N) is 2. The van der Waals surface area contributed by atoms with Gasteiger partial charge in [-0.2, -0.15) is 0 Å². The Hall–Kier alpha value is -2.88. The number of hydrogen-bond donors (Lipinski definition) is 1. The summed E-state index contributed by atoms with van der Waals surface area (Å²) in [5.41, 5.74) is 7.39. The van der Waals surface area contributed by atoms with Gasteiger partial charge in [-0.05, 0) is 24.3 Å². The Morgan fingerprint density at radius 2 is 1.60 bits per heavy atom. The van der Waals surface area contributed by atoms with E-state index in [9.17, 15) is 0 Å². The highest BCUT2D eigenvalue weighted by atomic mass is 16.5. The molecule has 0 amide bonds. The first-order chi connectivity index (χ1) is 9.81. The van der Waals surface area contributed by atoms with Gasteiger partial charge in [0.25, 0.3) is 0 Å². The average molecular weight is 263 g/mol. The van der Waals surface area contributed by atoms with Crippen LogP contribution in [0.4, 0.5) is 5.82 Å². The summed E-state index contributed by atoms with van der Waals surface area (Å²) in [5.74, 6) is 2.00. The van der Waals surface area contributed by atoms with Gasteiger partial charge in [0.2, 0.25) is 0 Å². The lowest BCUT2D eigenvalue weighted by Gasteiger charge is -2.07. The molecule has 0 spiro atoms. The van der Waals surface area contributed by atoms with Crippen molar-refractivity contribution in [3.05, 3.63) is 67.0 Å². The van der Waals surface area contributed by atoms with E-state index in [0.29, 0.717) is 5.82 Å². The fourth-order valence-corrected chi connectivity index (χ4v) is 1.87. The Kier molecular flexibility index (Phi) is 3.29. The minimum atomic E-state index is 0.449. The number of nitrogens with two attached hydrogens (primary N) is 1. The molecule has 1 heterocycles. The number of para-hydroxylation sites is 1. The molecule has 4 heteroatoms. The summed E-state index contributed by atoms with van der Waals surface area (Å²) >= 11 is 0. The van der Waals surface area contributed by atoms with Gasteiger partial charge in [-0.15, -0.1) is 0 Å². The highest BCUT2D eigenvalue weighted by Crippen LogP contribution is 2.26. The molecule has 3 aromatic rings. The van der Waals surface area contributed by atoms with E-state index in [2.05, 4.69) is 9.97 Å². The number of benzene rings is 2. The average Bonchev–Trinajstić information content (AvgIpc) is 2.49. The predicted molar refractivity (Wildman–Crippen MR) is 78.4 cm³/mol. The van der Waals surface area contributed by atoms with Gasteiger partial charge in [0.15, 0.2) is 0 Å². The van der Waals surface area contributed by atoms with Gasteiger partial charge in [0.05, 0.1) is 5.69 Å². The number of aromatic nitrogens is 2. The van der Waals surface area contributed by atoms with Crippen molar-refractivity contribution in [2.75, 3.05) is 5.73 Å². The summed E-state index contributed by atoms with van der Waals surface area (Å²) in [6.07, 6.45) is 1.45. The van der Waals surface area contributed by atoms with E-state index in [1.165, 1.54) is 6.33 Å². The molecular weight excluding hydrogens is 250 g/mol. The van der Waals surface area contributed by atoms with Gasteiger partial charge in [-0.3, -0.25) is 0 Å². The maximum atomic E-state index is 5.80. The zero-order valence-corrected chi connectivity index (χ0v) is 10.7. The lowest BCUT2D eigenvalue weighted by molar-refractivity contribution is 0.483. The van der Waals surface area contributed by atoms with Crippen LogP contribution in [0.3, 0.4) is 0 Å². The molecule has 4 nitrogen and oxygen atoms in total. The smallest absolute Gasteiger partial charge is 0.128 e. The predicted octanol–water partition coefficient (Wildman–Crippen LogP) is 3.52. The van der Waals surface area contributed by atoms with Crippen LogP contribution >= 0.6 is 0 Å². The molecule has 0 bridgehead atoms. The maximum Gasteiger partial charge on any atom is 0.128 e. The maximum absolute atomic E-state index is 5.80. The largest absolute Gasteiger partial charge is 0.457 e. The third-order valence-electron chi connectivity index (χ3n) is 2.80. The Bertz CT molecular complexity index is 714. The van der Waals surface area contributed by atoms with Crippen molar-refractivity contribution in [1.82, 2.24) is 9.97 Å². The van der Waals surface area contributed by atoms with Crippen LogP contribution in [0.2, 0.25) is 0 Å². The van der Waals surface area contributed by atoms with Gasteiger partial charge >= 0.3 is 0 Å². The summed E-state index contributed by atoms with van der Waals surface area (Å²) in [6, 6.07) is 19.1. The van der Waals surface area contributed by atoms with Crippen LogP contribution < -0.4 is 10.5 Å². The normalized spacial score (nSPS) is 10.2. The molecule has 3 rings (SSSR count). The third kappa shape index (κ3) is 2.75. The first-order valence-electron chi connectivity index (χ1n) is 6.22. The molecule has 0 fully saturated rings. The monoisotopic (exact) mass is 263 g/mol. The molecule has 2 N–H and O–H groups in total.